The predicted molar refractivity (Wildman–Crippen MR) is 144 cm³/mol. The molecule has 0 amide bonds. The average Bonchev–Trinajstić information content (AvgIpc) is 3.26. The van der Waals surface area contributed by atoms with Crippen LogP contribution in [0, 0.1) is 5.82 Å². The Kier molecular flexibility index (Phi) is 6.89. The first kappa shape index (κ1) is 24.1. The quantitative estimate of drug-likeness (QED) is 0.395. The number of benzene rings is 2. The van der Waals surface area contributed by atoms with E-state index in [4.69, 9.17) is 0 Å². The van der Waals surface area contributed by atoms with Gasteiger partial charge in [0, 0.05) is 56.6 Å². The van der Waals surface area contributed by atoms with Gasteiger partial charge in [0.2, 0.25) is 0 Å². The first-order valence-corrected chi connectivity index (χ1v) is 13.5. The molecule has 37 heavy (non-hydrogen) atoms. The second kappa shape index (κ2) is 10.6. The maximum absolute atomic E-state index is 13.9. The molecule has 6 nitrogen and oxygen atoms in total. The molecule has 4 aromatic rings. The Labute approximate surface area is 216 Å². The van der Waals surface area contributed by atoms with E-state index in [1.165, 1.54) is 11.1 Å². The molecule has 0 bridgehead atoms. The molecule has 1 fully saturated rings. The maximum atomic E-state index is 13.9. The molecule has 1 aliphatic heterocycles. The van der Waals surface area contributed by atoms with Crippen molar-refractivity contribution in [3.8, 4) is 0 Å². The van der Waals surface area contributed by atoms with Crippen LogP contribution in [0.15, 0.2) is 71.8 Å². The third-order valence-corrected chi connectivity index (χ3v) is 8.27. The highest BCUT2D eigenvalue weighted by molar-refractivity contribution is 5.75. The number of fused-ring (bicyclic) bond motifs is 2. The van der Waals surface area contributed by atoms with Crippen molar-refractivity contribution < 1.29 is 4.39 Å². The normalized spacial score (nSPS) is 20.8. The SMILES string of the molecule is O=c1[nH]c2ccccc2n1C1CCN(CCNC2CCc3cc(F)ccc3C2Cc2cccnc2)CC1. The lowest BCUT2D eigenvalue weighted by Gasteiger charge is -2.36. The highest BCUT2D eigenvalue weighted by Gasteiger charge is 2.30. The molecule has 6 rings (SSSR count). The van der Waals surface area contributed by atoms with E-state index in [1.54, 1.807) is 12.1 Å². The topological polar surface area (TPSA) is 66.0 Å². The van der Waals surface area contributed by atoms with Crippen molar-refractivity contribution in [3.63, 3.8) is 0 Å². The van der Waals surface area contributed by atoms with Gasteiger partial charge in [-0.3, -0.25) is 9.55 Å². The third kappa shape index (κ3) is 5.11. The molecule has 2 N–H and O–H groups in total. The molecule has 2 unspecified atom stereocenters. The molecular formula is C30H34FN5O. The van der Waals surface area contributed by atoms with Crippen LogP contribution in [0.5, 0.6) is 0 Å². The Morgan fingerprint density at radius 2 is 1.92 bits per heavy atom. The Bertz CT molecular complexity index is 1410. The Hall–Kier alpha value is -3.29. The molecule has 3 heterocycles. The number of nitrogens with one attached hydrogen (secondary N) is 2. The fraction of sp³-hybridized carbons (Fsp3) is 0.400. The number of hydrogen-bond acceptors (Lipinski definition) is 4. The molecule has 0 radical (unpaired) electrons. The van der Waals surface area contributed by atoms with Crippen LogP contribution >= 0.6 is 0 Å². The van der Waals surface area contributed by atoms with Crippen LogP contribution in [0.25, 0.3) is 11.0 Å². The van der Waals surface area contributed by atoms with Gasteiger partial charge in [0.05, 0.1) is 11.0 Å². The summed E-state index contributed by atoms with van der Waals surface area (Å²) < 4.78 is 15.9. The summed E-state index contributed by atoms with van der Waals surface area (Å²) in [6.45, 7) is 3.89. The van der Waals surface area contributed by atoms with Crippen molar-refractivity contribution in [3.05, 3.63) is 100.0 Å². The summed E-state index contributed by atoms with van der Waals surface area (Å²) in [4.78, 5) is 22.4. The second-order valence-electron chi connectivity index (χ2n) is 10.5. The van der Waals surface area contributed by atoms with E-state index in [0.29, 0.717) is 12.0 Å². The smallest absolute Gasteiger partial charge is 0.312 e. The van der Waals surface area contributed by atoms with Crippen LogP contribution in [0.4, 0.5) is 4.39 Å². The Morgan fingerprint density at radius 3 is 2.76 bits per heavy atom. The molecular weight excluding hydrogens is 465 g/mol. The lowest BCUT2D eigenvalue weighted by atomic mass is 9.76. The van der Waals surface area contributed by atoms with Gasteiger partial charge in [0.25, 0.3) is 0 Å². The fourth-order valence-electron chi connectivity index (χ4n) is 6.40. The summed E-state index contributed by atoms with van der Waals surface area (Å²) in [6, 6.07) is 18.0. The van der Waals surface area contributed by atoms with Gasteiger partial charge < -0.3 is 15.2 Å². The number of rotatable bonds is 7. The van der Waals surface area contributed by atoms with Crippen LogP contribution < -0.4 is 11.0 Å². The van der Waals surface area contributed by atoms with E-state index in [1.807, 2.05) is 53.4 Å². The summed E-state index contributed by atoms with van der Waals surface area (Å²) >= 11 is 0. The van der Waals surface area contributed by atoms with Crippen molar-refractivity contribution >= 4 is 11.0 Å². The summed E-state index contributed by atoms with van der Waals surface area (Å²) in [7, 11) is 0. The highest BCUT2D eigenvalue weighted by atomic mass is 19.1. The summed E-state index contributed by atoms with van der Waals surface area (Å²) in [5.74, 6) is 0.150. The van der Waals surface area contributed by atoms with E-state index in [0.717, 1.165) is 74.9 Å². The minimum atomic E-state index is -0.149. The number of halogens is 1. The lowest BCUT2D eigenvalue weighted by molar-refractivity contribution is 0.184. The molecule has 0 saturated carbocycles. The molecule has 7 heteroatoms. The Balaban J connectivity index is 1.07. The van der Waals surface area contributed by atoms with Crippen molar-refractivity contribution in [1.82, 2.24) is 24.8 Å². The minimum absolute atomic E-state index is 0.00145. The maximum Gasteiger partial charge on any atom is 0.326 e. The number of para-hydroxylation sites is 2. The largest absolute Gasteiger partial charge is 0.326 e. The number of likely N-dealkylation sites (tertiary alicyclic amines) is 1. The van der Waals surface area contributed by atoms with E-state index in [-0.39, 0.29) is 17.5 Å². The zero-order valence-corrected chi connectivity index (χ0v) is 21.1. The number of H-pyrrole nitrogens is 1. The van der Waals surface area contributed by atoms with Crippen LogP contribution in [-0.4, -0.2) is 51.7 Å². The van der Waals surface area contributed by atoms with E-state index >= 15 is 0 Å². The van der Waals surface area contributed by atoms with Crippen LogP contribution in [0.3, 0.4) is 0 Å². The highest BCUT2D eigenvalue weighted by Crippen LogP contribution is 2.35. The molecule has 2 aromatic heterocycles. The number of nitrogens with zero attached hydrogens (tertiary/aromatic N) is 3. The van der Waals surface area contributed by atoms with E-state index in [2.05, 4.69) is 26.3 Å². The number of aromatic amines is 1. The number of piperidine rings is 1. The van der Waals surface area contributed by atoms with Gasteiger partial charge in [-0.25, -0.2) is 9.18 Å². The van der Waals surface area contributed by atoms with Gasteiger partial charge >= 0.3 is 5.69 Å². The summed E-state index contributed by atoms with van der Waals surface area (Å²) in [5, 5.41) is 3.85. The zero-order valence-electron chi connectivity index (χ0n) is 21.1. The van der Waals surface area contributed by atoms with Crippen molar-refractivity contribution in [2.45, 2.75) is 50.1 Å². The molecule has 0 spiro atoms. The van der Waals surface area contributed by atoms with Crippen molar-refractivity contribution in [1.29, 1.82) is 0 Å². The molecule has 2 aliphatic rings. The number of imidazole rings is 1. The van der Waals surface area contributed by atoms with Gasteiger partial charge in [-0.2, -0.15) is 0 Å². The monoisotopic (exact) mass is 499 g/mol. The summed E-state index contributed by atoms with van der Waals surface area (Å²) in [6.07, 6.45) is 8.52. The van der Waals surface area contributed by atoms with Crippen LogP contribution in [-0.2, 0) is 12.8 Å². The standard InChI is InChI=1S/C30H34FN5O/c31-23-8-9-25-22(19-23)7-10-27(26(25)18-21-4-3-13-32-20-21)33-14-17-35-15-11-24(12-16-35)36-29-6-2-1-5-28(29)34-30(36)37/h1-6,8-9,13,19-20,24,26-27,33H,7,10-12,14-18H2,(H,34,37). The molecule has 1 aliphatic carbocycles. The van der Waals surface area contributed by atoms with E-state index in [9.17, 15) is 9.18 Å². The summed E-state index contributed by atoms with van der Waals surface area (Å²) in [5.41, 5.74) is 5.53. The van der Waals surface area contributed by atoms with E-state index < -0.39 is 0 Å². The number of aromatic nitrogens is 3. The van der Waals surface area contributed by atoms with Gasteiger partial charge in [-0.1, -0.05) is 24.3 Å². The van der Waals surface area contributed by atoms with Crippen LogP contribution in [0.1, 0.15) is 47.9 Å². The fourth-order valence-corrected chi connectivity index (χ4v) is 6.40. The first-order chi connectivity index (χ1) is 18.2. The molecule has 1 saturated heterocycles. The molecule has 2 atom stereocenters. The van der Waals surface area contributed by atoms with Gasteiger partial charge in [-0.05, 0) is 79.1 Å². The number of aryl methyl sites for hydroxylation is 1. The molecule has 2 aromatic carbocycles. The van der Waals surface area contributed by atoms with Gasteiger partial charge in [0.15, 0.2) is 0 Å². The Morgan fingerprint density at radius 1 is 1.05 bits per heavy atom. The average molecular weight is 500 g/mol. The number of pyridine rings is 1. The predicted octanol–water partition coefficient (Wildman–Crippen LogP) is 4.43. The lowest BCUT2D eigenvalue weighted by Crippen LogP contribution is -2.45. The van der Waals surface area contributed by atoms with Crippen molar-refractivity contribution in [2.75, 3.05) is 26.2 Å². The third-order valence-electron chi connectivity index (χ3n) is 8.27. The van der Waals surface area contributed by atoms with Gasteiger partial charge in [0.1, 0.15) is 5.82 Å². The van der Waals surface area contributed by atoms with Crippen molar-refractivity contribution in [2.24, 2.45) is 0 Å². The van der Waals surface area contributed by atoms with Gasteiger partial charge in [-0.15, -0.1) is 0 Å². The first-order valence-electron chi connectivity index (χ1n) is 13.5. The zero-order chi connectivity index (χ0) is 25.2. The molecule has 192 valence electrons. The van der Waals surface area contributed by atoms with Crippen LogP contribution in [0.2, 0.25) is 0 Å². The number of hydrogen-bond donors (Lipinski definition) is 2. The minimum Gasteiger partial charge on any atom is -0.312 e. The second-order valence-corrected chi connectivity index (χ2v) is 10.5.